The molecule has 0 bridgehead atoms. The molecule has 0 saturated heterocycles. The van der Waals surface area contributed by atoms with Crippen LogP contribution in [0.3, 0.4) is 0 Å². The maximum absolute atomic E-state index is 6.13. The van der Waals surface area contributed by atoms with Crippen molar-refractivity contribution >= 4 is 11.0 Å². The Morgan fingerprint density at radius 3 is 2.27 bits per heavy atom. The number of aromatic nitrogens is 2. The van der Waals surface area contributed by atoms with Crippen LogP contribution < -0.4 is 14.2 Å². The summed E-state index contributed by atoms with van der Waals surface area (Å²) >= 11 is 0. The number of nitrogens with zero attached hydrogens (tertiary/aromatic N) is 2. The van der Waals surface area contributed by atoms with Crippen molar-refractivity contribution < 1.29 is 14.2 Å². The van der Waals surface area contributed by atoms with Gasteiger partial charge in [-0.1, -0.05) is 42.5 Å². The van der Waals surface area contributed by atoms with Crippen molar-refractivity contribution in [1.82, 2.24) is 9.55 Å². The van der Waals surface area contributed by atoms with Gasteiger partial charge in [0.1, 0.15) is 24.8 Å². The average Bonchev–Trinajstić information content (AvgIpc) is 3.12. The van der Waals surface area contributed by atoms with E-state index in [9.17, 15) is 0 Å². The van der Waals surface area contributed by atoms with Gasteiger partial charge in [0.15, 0.2) is 11.5 Å². The van der Waals surface area contributed by atoms with Gasteiger partial charge in [-0.3, -0.25) is 0 Å². The highest BCUT2D eigenvalue weighted by Gasteiger charge is 2.13. The Kier molecular flexibility index (Phi) is 5.89. The Hall–Kier alpha value is -3.47. The summed E-state index contributed by atoms with van der Waals surface area (Å²) < 4.78 is 19.7. The van der Waals surface area contributed by atoms with Crippen LogP contribution in [0.2, 0.25) is 0 Å². The van der Waals surface area contributed by atoms with Crippen LogP contribution in [0, 0.1) is 13.8 Å². The molecular formula is C25H26N2O3. The van der Waals surface area contributed by atoms with Gasteiger partial charge in [0.25, 0.3) is 0 Å². The van der Waals surface area contributed by atoms with Gasteiger partial charge in [0.05, 0.1) is 24.7 Å². The van der Waals surface area contributed by atoms with E-state index in [0.717, 1.165) is 33.7 Å². The summed E-state index contributed by atoms with van der Waals surface area (Å²) in [6.07, 6.45) is 0. The van der Waals surface area contributed by atoms with Crippen molar-refractivity contribution in [1.29, 1.82) is 0 Å². The zero-order valence-corrected chi connectivity index (χ0v) is 17.6. The van der Waals surface area contributed by atoms with Crippen LogP contribution >= 0.6 is 0 Å². The first-order valence-corrected chi connectivity index (χ1v) is 10.1. The Bertz CT molecular complexity index is 1130. The minimum Gasteiger partial charge on any atom is -0.493 e. The van der Waals surface area contributed by atoms with Gasteiger partial charge >= 0.3 is 0 Å². The molecule has 154 valence electrons. The standard InChI is InChI=1S/C25H26N2O3/c1-18-9-8-10-19(2)25(18)29-16-15-27-21-12-5-4-11-20(21)26-24(27)17-30-23-14-7-6-13-22(23)28-3/h4-14H,15-17H2,1-3H3. The van der Waals surface area contributed by atoms with E-state index < -0.39 is 0 Å². The van der Waals surface area contributed by atoms with Gasteiger partial charge in [-0.05, 0) is 49.2 Å². The lowest BCUT2D eigenvalue weighted by molar-refractivity contribution is 0.261. The van der Waals surface area contributed by atoms with Gasteiger partial charge < -0.3 is 18.8 Å². The highest BCUT2D eigenvalue weighted by Crippen LogP contribution is 2.27. The van der Waals surface area contributed by atoms with Crippen LogP contribution in [-0.2, 0) is 13.2 Å². The van der Waals surface area contributed by atoms with E-state index in [1.807, 2.05) is 48.5 Å². The van der Waals surface area contributed by atoms with Crippen LogP contribution in [0.4, 0.5) is 0 Å². The van der Waals surface area contributed by atoms with Crippen LogP contribution in [0.5, 0.6) is 17.2 Å². The normalized spacial score (nSPS) is 10.9. The van der Waals surface area contributed by atoms with Gasteiger partial charge in [-0.25, -0.2) is 4.98 Å². The molecule has 0 aliphatic rings. The lowest BCUT2D eigenvalue weighted by Crippen LogP contribution is -2.13. The van der Waals surface area contributed by atoms with Gasteiger partial charge in [0.2, 0.25) is 0 Å². The van der Waals surface area contributed by atoms with E-state index >= 15 is 0 Å². The molecule has 0 fully saturated rings. The molecular weight excluding hydrogens is 376 g/mol. The predicted molar refractivity (Wildman–Crippen MR) is 118 cm³/mol. The Balaban J connectivity index is 1.54. The van der Waals surface area contributed by atoms with Crippen molar-refractivity contribution in [3.63, 3.8) is 0 Å². The topological polar surface area (TPSA) is 45.5 Å². The number of aryl methyl sites for hydroxylation is 2. The maximum Gasteiger partial charge on any atom is 0.161 e. The van der Waals surface area contributed by atoms with Crippen molar-refractivity contribution in [2.45, 2.75) is 27.0 Å². The van der Waals surface area contributed by atoms with Crippen molar-refractivity contribution in [3.05, 3.63) is 83.7 Å². The van der Waals surface area contributed by atoms with Crippen molar-refractivity contribution in [2.24, 2.45) is 0 Å². The Labute approximate surface area is 176 Å². The third kappa shape index (κ3) is 4.10. The fraction of sp³-hybridized carbons (Fsp3) is 0.240. The monoisotopic (exact) mass is 402 g/mol. The molecule has 0 aliphatic carbocycles. The summed E-state index contributed by atoms with van der Waals surface area (Å²) in [5.74, 6) is 3.21. The van der Waals surface area contributed by atoms with Gasteiger partial charge in [-0.2, -0.15) is 0 Å². The molecule has 0 saturated carbocycles. The highest BCUT2D eigenvalue weighted by atomic mass is 16.5. The summed E-state index contributed by atoms with van der Waals surface area (Å²) in [5.41, 5.74) is 4.31. The van der Waals surface area contributed by atoms with Crippen molar-refractivity contribution in [3.8, 4) is 17.2 Å². The lowest BCUT2D eigenvalue weighted by atomic mass is 10.1. The molecule has 4 rings (SSSR count). The molecule has 0 atom stereocenters. The number of hydrogen-bond donors (Lipinski definition) is 0. The van der Waals surface area contributed by atoms with Crippen LogP contribution in [-0.4, -0.2) is 23.3 Å². The molecule has 1 heterocycles. The van der Waals surface area contributed by atoms with Gasteiger partial charge in [-0.15, -0.1) is 0 Å². The fourth-order valence-electron chi connectivity index (χ4n) is 3.63. The molecule has 0 radical (unpaired) electrons. The maximum atomic E-state index is 6.13. The third-order valence-electron chi connectivity index (χ3n) is 5.13. The van der Waals surface area contributed by atoms with Gasteiger partial charge in [0, 0.05) is 0 Å². The molecule has 30 heavy (non-hydrogen) atoms. The summed E-state index contributed by atoms with van der Waals surface area (Å²) in [5, 5.41) is 0. The smallest absolute Gasteiger partial charge is 0.161 e. The second-order valence-corrected chi connectivity index (χ2v) is 7.18. The summed E-state index contributed by atoms with van der Waals surface area (Å²) in [7, 11) is 1.64. The SMILES string of the molecule is COc1ccccc1OCc1nc2ccccc2n1CCOc1c(C)cccc1C. The molecule has 3 aromatic carbocycles. The fourth-order valence-corrected chi connectivity index (χ4v) is 3.63. The molecule has 5 nitrogen and oxygen atoms in total. The van der Waals surface area contributed by atoms with E-state index in [1.165, 1.54) is 0 Å². The molecule has 1 aromatic heterocycles. The van der Waals surface area contributed by atoms with E-state index in [1.54, 1.807) is 7.11 Å². The number of methoxy groups -OCH3 is 1. The minimum absolute atomic E-state index is 0.346. The number of benzene rings is 3. The first-order valence-electron chi connectivity index (χ1n) is 10.1. The number of ether oxygens (including phenoxy) is 3. The molecule has 0 aliphatic heterocycles. The number of rotatable bonds is 8. The largest absolute Gasteiger partial charge is 0.493 e. The number of hydrogen-bond acceptors (Lipinski definition) is 4. The molecule has 0 N–H and O–H groups in total. The summed E-state index contributed by atoms with van der Waals surface area (Å²) in [4.78, 5) is 4.79. The average molecular weight is 402 g/mol. The first-order chi connectivity index (χ1) is 14.7. The molecule has 0 unspecified atom stereocenters. The zero-order chi connectivity index (χ0) is 20.9. The van der Waals surface area contributed by atoms with Crippen LogP contribution in [0.25, 0.3) is 11.0 Å². The predicted octanol–water partition coefficient (Wildman–Crippen LogP) is 5.32. The number of fused-ring (bicyclic) bond motifs is 1. The lowest BCUT2D eigenvalue weighted by Gasteiger charge is -2.15. The quantitative estimate of drug-likeness (QED) is 0.400. The van der Waals surface area contributed by atoms with E-state index in [4.69, 9.17) is 19.2 Å². The molecule has 0 spiro atoms. The summed E-state index contributed by atoms with van der Waals surface area (Å²) in [6.45, 7) is 5.72. The second kappa shape index (κ2) is 8.91. The van der Waals surface area contributed by atoms with E-state index in [0.29, 0.717) is 31.3 Å². The van der Waals surface area contributed by atoms with Crippen LogP contribution in [0.1, 0.15) is 17.0 Å². The second-order valence-electron chi connectivity index (χ2n) is 7.18. The van der Waals surface area contributed by atoms with Crippen LogP contribution in [0.15, 0.2) is 66.7 Å². The Morgan fingerprint density at radius 2 is 1.50 bits per heavy atom. The summed E-state index contributed by atoms with van der Waals surface area (Å²) in [6, 6.07) is 21.9. The minimum atomic E-state index is 0.346. The molecule has 0 amide bonds. The first kappa shape index (κ1) is 19.8. The molecule has 4 aromatic rings. The number of imidazole rings is 1. The number of para-hydroxylation sites is 5. The van der Waals surface area contributed by atoms with E-state index in [-0.39, 0.29) is 0 Å². The van der Waals surface area contributed by atoms with E-state index in [2.05, 4.69) is 36.6 Å². The zero-order valence-electron chi connectivity index (χ0n) is 17.6. The van der Waals surface area contributed by atoms with Crippen molar-refractivity contribution in [2.75, 3.05) is 13.7 Å². The third-order valence-corrected chi connectivity index (χ3v) is 5.13. The molecule has 5 heteroatoms. The Morgan fingerprint density at radius 1 is 0.800 bits per heavy atom. The highest BCUT2D eigenvalue weighted by molar-refractivity contribution is 5.75.